The zero-order valence-electron chi connectivity index (χ0n) is 16.4. The first-order chi connectivity index (χ1) is 15.1. The molecule has 2 aliphatic carbocycles. The molecule has 3 fully saturated rings. The van der Waals surface area contributed by atoms with Crippen LogP contribution >= 0.6 is 39.1 Å². The first-order valence-corrected chi connectivity index (χ1v) is 11.8. The zero-order chi connectivity index (χ0) is 23.2. The van der Waals surface area contributed by atoms with Gasteiger partial charge in [-0.2, -0.15) is 5.06 Å². The maximum absolute atomic E-state index is 13.4. The standard InChI is InChI=1S/C21H17BrCl2N2O6/c22-8-25-18(30)20(23)7-13-11(5-6-12-14(13)17(29)26(32)16(12)28)15(21(20,24)19(25)31)9-1-3-10(27)4-2-9/h1-5,12-15,27,32H,6-8H2. The predicted molar refractivity (Wildman–Crippen MR) is 115 cm³/mol. The molecule has 1 aromatic carbocycles. The number of halogens is 3. The molecule has 4 aliphatic rings. The Morgan fingerprint density at radius 1 is 1.03 bits per heavy atom. The van der Waals surface area contributed by atoms with E-state index >= 15 is 0 Å². The van der Waals surface area contributed by atoms with E-state index in [1.807, 2.05) is 0 Å². The van der Waals surface area contributed by atoms with Crippen molar-refractivity contribution in [3.05, 3.63) is 41.5 Å². The van der Waals surface area contributed by atoms with Crippen molar-refractivity contribution in [1.82, 2.24) is 9.96 Å². The summed E-state index contributed by atoms with van der Waals surface area (Å²) in [5.74, 6) is -6.05. The number of hydrogen-bond donors (Lipinski definition) is 2. The highest BCUT2D eigenvalue weighted by Crippen LogP contribution is 2.65. The minimum atomic E-state index is -1.88. The molecular weight excluding hydrogens is 527 g/mol. The molecule has 168 valence electrons. The van der Waals surface area contributed by atoms with Gasteiger partial charge >= 0.3 is 0 Å². The molecule has 2 N–H and O–H groups in total. The molecule has 0 radical (unpaired) electrons. The Morgan fingerprint density at radius 2 is 1.69 bits per heavy atom. The van der Waals surface area contributed by atoms with Gasteiger partial charge < -0.3 is 5.11 Å². The Kier molecular flexibility index (Phi) is 4.81. The van der Waals surface area contributed by atoms with E-state index in [9.17, 15) is 29.5 Å². The summed E-state index contributed by atoms with van der Waals surface area (Å²) in [4.78, 5) is 49.1. The number of phenolic OH excluding ortho intramolecular Hbond substituents is 1. The predicted octanol–water partition coefficient (Wildman–Crippen LogP) is 2.49. The van der Waals surface area contributed by atoms with E-state index in [0.717, 1.165) is 4.90 Å². The van der Waals surface area contributed by atoms with Crippen molar-refractivity contribution in [3.8, 4) is 5.75 Å². The number of fused-ring (bicyclic) bond motifs is 4. The van der Waals surface area contributed by atoms with Gasteiger partial charge in [-0.1, -0.05) is 39.7 Å². The van der Waals surface area contributed by atoms with Gasteiger partial charge in [-0.3, -0.25) is 29.3 Å². The van der Waals surface area contributed by atoms with Gasteiger partial charge in [0, 0.05) is 5.92 Å². The topological polar surface area (TPSA) is 115 Å². The Hall–Kier alpha value is -1.94. The number of alkyl halides is 3. The monoisotopic (exact) mass is 542 g/mol. The fourth-order valence-electron chi connectivity index (χ4n) is 5.78. The highest BCUT2D eigenvalue weighted by atomic mass is 79.9. The average molecular weight is 544 g/mol. The van der Waals surface area contributed by atoms with Gasteiger partial charge in [-0.25, -0.2) is 0 Å². The number of likely N-dealkylation sites (tertiary alicyclic amines) is 1. The third kappa shape index (κ3) is 2.48. The van der Waals surface area contributed by atoms with Crippen LogP contribution in [-0.4, -0.2) is 59.1 Å². The fourth-order valence-corrected chi connectivity index (χ4v) is 7.20. The number of nitrogens with zero attached hydrogens (tertiary/aromatic N) is 2. The molecule has 0 aromatic heterocycles. The third-order valence-electron chi connectivity index (χ3n) is 7.22. The normalized spacial score (nSPS) is 38.6. The summed E-state index contributed by atoms with van der Waals surface area (Å²) >= 11 is 17.1. The van der Waals surface area contributed by atoms with E-state index in [1.165, 1.54) is 12.1 Å². The van der Waals surface area contributed by atoms with Gasteiger partial charge in [0.2, 0.25) is 0 Å². The quantitative estimate of drug-likeness (QED) is 0.195. The summed E-state index contributed by atoms with van der Waals surface area (Å²) in [5.41, 5.74) is 1.05. The van der Waals surface area contributed by atoms with Crippen molar-refractivity contribution in [1.29, 1.82) is 0 Å². The average Bonchev–Trinajstić information content (AvgIpc) is 3.08. The largest absolute Gasteiger partial charge is 0.508 e. The molecule has 8 nitrogen and oxygen atoms in total. The number of benzene rings is 1. The van der Waals surface area contributed by atoms with E-state index in [-0.39, 0.29) is 29.1 Å². The number of imide groups is 2. The molecule has 5 rings (SSSR count). The fraction of sp³-hybridized carbons (Fsp3) is 0.429. The maximum atomic E-state index is 13.4. The van der Waals surface area contributed by atoms with Crippen LogP contribution in [0, 0.1) is 17.8 Å². The van der Waals surface area contributed by atoms with Crippen LogP contribution in [0.1, 0.15) is 24.3 Å². The molecule has 0 spiro atoms. The van der Waals surface area contributed by atoms with Crippen molar-refractivity contribution in [2.75, 3.05) is 5.45 Å². The molecule has 0 bridgehead atoms. The lowest BCUT2D eigenvalue weighted by Crippen LogP contribution is -2.60. The van der Waals surface area contributed by atoms with Crippen molar-refractivity contribution in [2.24, 2.45) is 17.8 Å². The molecule has 32 heavy (non-hydrogen) atoms. The lowest BCUT2D eigenvalue weighted by atomic mass is 9.56. The Balaban J connectivity index is 1.74. The van der Waals surface area contributed by atoms with Crippen molar-refractivity contribution < 1.29 is 29.5 Å². The summed E-state index contributed by atoms with van der Waals surface area (Å²) in [6.07, 6.45) is 1.81. The minimum Gasteiger partial charge on any atom is -0.508 e. The van der Waals surface area contributed by atoms with Crippen LogP contribution in [0.25, 0.3) is 0 Å². The van der Waals surface area contributed by atoms with Gasteiger partial charge in [0.15, 0.2) is 9.75 Å². The molecular formula is C21H17BrCl2N2O6. The number of hydrogen-bond acceptors (Lipinski definition) is 6. The van der Waals surface area contributed by atoms with Crippen molar-refractivity contribution >= 4 is 62.8 Å². The van der Waals surface area contributed by atoms with Crippen LogP contribution in [0.2, 0.25) is 0 Å². The van der Waals surface area contributed by atoms with E-state index in [1.54, 1.807) is 18.2 Å². The molecule has 11 heteroatoms. The number of amides is 4. The second kappa shape index (κ2) is 7.03. The second-order valence-corrected chi connectivity index (χ2v) is 10.3. The number of hydroxylamine groups is 2. The van der Waals surface area contributed by atoms with E-state index in [4.69, 9.17) is 23.2 Å². The third-order valence-corrected chi connectivity index (χ3v) is 9.13. The summed E-state index contributed by atoms with van der Waals surface area (Å²) in [5, 5.41) is 19.9. The molecule has 2 saturated heterocycles. The van der Waals surface area contributed by atoms with Crippen LogP contribution in [0.4, 0.5) is 0 Å². The lowest BCUT2D eigenvalue weighted by molar-refractivity contribution is -0.173. The number of carbonyl (C=O) groups is 4. The Morgan fingerprint density at radius 3 is 2.31 bits per heavy atom. The summed E-state index contributed by atoms with van der Waals surface area (Å²) < 4.78 is 0. The highest BCUT2D eigenvalue weighted by molar-refractivity contribution is 9.09. The van der Waals surface area contributed by atoms with E-state index in [0.29, 0.717) is 11.1 Å². The molecule has 6 atom stereocenters. The first kappa shape index (κ1) is 21.9. The summed E-state index contributed by atoms with van der Waals surface area (Å²) in [6, 6.07) is 6.05. The molecule has 1 saturated carbocycles. The van der Waals surface area contributed by atoms with Gasteiger partial charge in [0.1, 0.15) is 5.75 Å². The number of carbonyl (C=O) groups excluding carboxylic acids is 4. The summed E-state index contributed by atoms with van der Waals surface area (Å²) in [7, 11) is 0. The SMILES string of the molecule is O=C1C2CC=C3C(CC4(Cl)C(=O)N(CBr)C(=O)C4(Cl)C3c3ccc(O)cc3)C2C(=O)N1O. The van der Waals surface area contributed by atoms with Crippen LogP contribution in [0.3, 0.4) is 0 Å². The second-order valence-electron chi connectivity index (χ2n) is 8.57. The molecule has 4 amide bonds. The summed E-state index contributed by atoms with van der Waals surface area (Å²) in [6.45, 7) is 0. The highest BCUT2D eigenvalue weighted by Gasteiger charge is 2.76. The van der Waals surface area contributed by atoms with E-state index in [2.05, 4.69) is 15.9 Å². The lowest BCUT2D eigenvalue weighted by Gasteiger charge is -2.50. The Labute approximate surface area is 200 Å². The van der Waals surface area contributed by atoms with Crippen molar-refractivity contribution in [2.45, 2.75) is 28.5 Å². The minimum absolute atomic E-state index is 0.00274. The van der Waals surface area contributed by atoms with Gasteiger partial charge in [-0.05, 0) is 36.5 Å². The van der Waals surface area contributed by atoms with Crippen LogP contribution < -0.4 is 0 Å². The number of phenols is 1. The van der Waals surface area contributed by atoms with Gasteiger partial charge in [0.25, 0.3) is 23.6 Å². The van der Waals surface area contributed by atoms with Crippen LogP contribution in [0.15, 0.2) is 35.9 Å². The number of rotatable bonds is 2. The van der Waals surface area contributed by atoms with Crippen LogP contribution in [-0.2, 0) is 19.2 Å². The number of aromatic hydroxyl groups is 1. The molecule has 1 aromatic rings. The van der Waals surface area contributed by atoms with Gasteiger partial charge in [-0.15, -0.1) is 23.2 Å². The van der Waals surface area contributed by atoms with Gasteiger partial charge in [0.05, 0.1) is 17.3 Å². The number of allylic oxidation sites excluding steroid dienone is 2. The zero-order valence-corrected chi connectivity index (χ0v) is 19.5. The first-order valence-electron chi connectivity index (χ1n) is 9.93. The maximum Gasteiger partial charge on any atom is 0.257 e. The van der Waals surface area contributed by atoms with Crippen molar-refractivity contribution in [3.63, 3.8) is 0 Å². The molecule has 2 aliphatic heterocycles. The smallest absolute Gasteiger partial charge is 0.257 e. The molecule has 2 heterocycles. The van der Waals surface area contributed by atoms with Crippen LogP contribution in [0.5, 0.6) is 5.75 Å². The van der Waals surface area contributed by atoms with E-state index < -0.39 is 57.0 Å². The Bertz CT molecular complexity index is 1110. The molecule has 6 unspecified atom stereocenters.